The number of aromatic nitrogens is 4. The van der Waals surface area contributed by atoms with E-state index >= 15 is 0 Å². The number of hydrogen-bond acceptors (Lipinski definition) is 10. The standard InChI is InChI=1S/C17H26N6O7/c24-6-9(26)5-21-1-3-22(4-2-21)17-20-11-14(18-8-19-15(11)29)23(17)16-13(28)12(27)10(7-25)30-16/h8-10,12-13,16,24-28H,1-7H2,(H,18,19,29)/p+1. The molecule has 13 nitrogen and oxygen atoms in total. The number of piperazine rings is 1. The van der Waals surface area contributed by atoms with Gasteiger partial charge in [0.05, 0.1) is 45.7 Å². The van der Waals surface area contributed by atoms with Crippen LogP contribution in [0, 0.1) is 0 Å². The van der Waals surface area contributed by atoms with Crippen molar-refractivity contribution in [1.29, 1.82) is 0 Å². The number of rotatable bonds is 6. The lowest BCUT2D eigenvalue weighted by atomic mass is 10.1. The van der Waals surface area contributed by atoms with E-state index in [4.69, 9.17) is 9.84 Å². The van der Waals surface area contributed by atoms with Crippen LogP contribution in [-0.2, 0) is 4.74 Å². The average molecular weight is 427 g/mol. The van der Waals surface area contributed by atoms with Gasteiger partial charge >= 0.3 is 0 Å². The number of hydrogen-bond donors (Lipinski definition) is 7. The maximum atomic E-state index is 12.3. The topological polar surface area (TPSA) is 182 Å². The van der Waals surface area contributed by atoms with Gasteiger partial charge < -0.3 is 45.1 Å². The third-order valence-corrected chi connectivity index (χ3v) is 5.72. The molecule has 2 fully saturated rings. The van der Waals surface area contributed by atoms with E-state index in [1.54, 1.807) is 0 Å². The second-order valence-electron chi connectivity index (χ2n) is 7.69. The van der Waals surface area contributed by atoms with Crippen LogP contribution >= 0.6 is 0 Å². The molecule has 0 aromatic carbocycles. The van der Waals surface area contributed by atoms with Crippen LogP contribution in [0.25, 0.3) is 11.2 Å². The first-order chi connectivity index (χ1) is 14.4. The molecule has 166 valence electrons. The molecule has 13 heteroatoms. The summed E-state index contributed by atoms with van der Waals surface area (Å²) in [4.78, 5) is 26.4. The van der Waals surface area contributed by atoms with Gasteiger partial charge in [-0.3, -0.25) is 9.36 Å². The Hall–Kier alpha value is -2.13. The van der Waals surface area contributed by atoms with Crippen LogP contribution < -0.4 is 15.4 Å². The Morgan fingerprint density at radius 3 is 2.63 bits per heavy atom. The van der Waals surface area contributed by atoms with Crippen LogP contribution in [0.1, 0.15) is 6.23 Å². The zero-order chi connectivity index (χ0) is 21.4. The number of aliphatic hydroxyl groups is 5. The Morgan fingerprint density at radius 1 is 1.27 bits per heavy atom. The van der Waals surface area contributed by atoms with Gasteiger partial charge in [0.25, 0.3) is 5.56 Å². The Bertz CT molecular complexity index is 927. The van der Waals surface area contributed by atoms with Crippen molar-refractivity contribution in [3.63, 3.8) is 0 Å². The second-order valence-corrected chi connectivity index (χ2v) is 7.69. The molecule has 30 heavy (non-hydrogen) atoms. The lowest BCUT2D eigenvalue weighted by Crippen LogP contribution is -3.16. The third-order valence-electron chi connectivity index (χ3n) is 5.72. The van der Waals surface area contributed by atoms with Gasteiger partial charge in [-0.25, -0.2) is 9.97 Å². The largest absolute Gasteiger partial charge is 0.394 e. The van der Waals surface area contributed by atoms with Gasteiger partial charge in [0.15, 0.2) is 17.4 Å². The molecule has 4 rings (SSSR count). The predicted molar refractivity (Wildman–Crippen MR) is 102 cm³/mol. The molecule has 7 N–H and O–H groups in total. The van der Waals surface area contributed by atoms with Gasteiger partial charge in [-0.05, 0) is 0 Å². The van der Waals surface area contributed by atoms with Crippen molar-refractivity contribution in [3.8, 4) is 0 Å². The maximum Gasteiger partial charge on any atom is 0.278 e. The molecule has 0 radical (unpaired) electrons. The highest BCUT2D eigenvalue weighted by atomic mass is 16.6. The predicted octanol–water partition coefficient (Wildman–Crippen LogP) is -5.21. The maximum absolute atomic E-state index is 12.3. The number of imidazole rings is 1. The van der Waals surface area contributed by atoms with Crippen molar-refractivity contribution in [2.24, 2.45) is 0 Å². The summed E-state index contributed by atoms with van der Waals surface area (Å²) in [5.74, 6) is 0.366. The first-order valence-electron chi connectivity index (χ1n) is 9.90. The molecule has 0 spiro atoms. The molecule has 2 aliphatic heterocycles. The molecule has 0 amide bonds. The number of fused-ring (bicyclic) bond motifs is 1. The zero-order valence-electron chi connectivity index (χ0n) is 16.3. The highest BCUT2D eigenvalue weighted by Gasteiger charge is 2.45. The molecule has 0 saturated carbocycles. The summed E-state index contributed by atoms with van der Waals surface area (Å²) < 4.78 is 7.16. The molecule has 2 saturated heterocycles. The van der Waals surface area contributed by atoms with Crippen LogP contribution in [0.4, 0.5) is 5.95 Å². The van der Waals surface area contributed by atoms with E-state index in [-0.39, 0.29) is 17.8 Å². The third kappa shape index (κ3) is 3.69. The Morgan fingerprint density at radius 2 is 2.00 bits per heavy atom. The van der Waals surface area contributed by atoms with Gasteiger partial charge in [0.1, 0.15) is 31.0 Å². The van der Waals surface area contributed by atoms with E-state index in [9.17, 15) is 25.2 Å². The highest BCUT2D eigenvalue weighted by Crippen LogP contribution is 2.34. The average Bonchev–Trinajstić information content (AvgIpc) is 3.27. The fourth-order valence-electron chi connectivity index (χ4n) is 4.08. The summed E-state index contributed by atoms with van der Waals surface area (Å²) in [6.45, 7) is 2.09. The summed E-state index contributed by atoms with van der Waals surface area (Å²) in [6, 6.07) is 0. The van der Waals surface area contributed by atoms with E-state index in [1.807, 2.05) is 4.90 Å². The smallest absolute Gasteiger partial charge is 0.278 e. The molecule has 2 aromatic rings. The van der Waals surface area contributed by atoms with E-state index in [2.05, 4.69) is 15.0 Å². The molecule has 0 bridgehead atoms. The number of aromatic amines is 1. The molecular formula is C17H27N6O7+. The van der Waals surface area contributed by atoms with Crippen LogP contribution in [0.5, 0.6) is 0 Å². The first-order valence-corrected chi connectivity index (χ1v) is 9.90. The Kier molecular flexibility index (Phi) is 6.02. The molecule has 2 aliphatic rings. The van der Waals surface area contributed by atoms with Gasteiger partial charge in [0, 0.05) is 0 Å². The van der Waals surface area contributed by atoms with Gasteiger partial charge in [-0.2, -0.15) is 0 Å². The number of H-pyrrole nitrogens is 1. The minimum Gasteiger partial charge on any atom is -0.394 e. The van der Waals surface area contributed by atoms with Crippen LogP contribution in [0.15, 0.2) is 11.1 Å². The molecule has 2 aromatic heterocycles. The number of nitrogens with one attached hydrogen (secondary N) is 2. The van der Waals surface area contributed by atoms with Crippen LogP contribution in [0.3, 0.4) is 0 Å². The SMILES string of the molecule is O=c1[nH]cnc2c1nc(N1CC[NH+](CC(O)CO)CC1)n2C1OC(CO)C(O)C1O. The highest BCUT2D eigenvalue weighted by molar-refractivity contribution is 5.73. The first kappa shape index (κ1) is 21.1. The van der Waals surface area contributed by atoms with E-state index in [1.165, 1.54) is 10.9 Å². The normalized spacial score (nSPS) is 29.0. The summed E-state index contributed by atoms with van der Waals surface area (Å²) in [6.07, 6.45) is -4.24. The monoisotopic (exact) mass is 427 g/mol. The molecule has 5 unspecified atom stereocenters. The lowest BCUT2D eigenvalue weighted by Gasteiger charge is -2.34. The quantitative estimate of drug-likeness (QED) is 0.235. The molecule has 0 aliphatic carbocycles. The zero-order valence-corrected chi connectivity index (χ0v) is 16.3. The minimum atomic E-state index is -1.34. The number of aliphatic hydroxyl groups excluding tert-OH is 5. The van der Waals surface area contributed by atoms with E-state index in [0.29, 0.717) is 38.7 Å². The van der Waals surface area contributed by atoms with E-state index in [0.717, 1.165) is 4.90 Å². The van der Waals surface area contributed by atoms with Gasteiger partial charge in [-0.15, -0.1) is 0 Å². The molecule has 4 heterocycles. The van der Waals surface area contributed by atoms with Crippen molar-refractivity contribution in [2.75, 3.05) is 50.8 Å². The molecular weight excluding hydrogens is 400 g/mol. The van der Waals surface area contributed by atoms with E-state index < -0.39 is 42.8 Å². The Balaban J connectivity index is 1.67. The minimum absolute atomic E-state index is 0.0794. The molecule has 5 atom stereocenters. The number of ether oxygens (including phenoxy) is 1. The van der Waals surface area contributed by atoms with Crippen molar-refractivity contribution in [1.82, 2.24) is 19.5 Å². The second kappa shape index (κ2) is 8.55. The fraction of sp³-hybridized carbons (Fsp3) is 0.706. The van der Waals surface area contributed by atoms with Crippen molar-refractivity contribution < 1.29 is 35.2 Å². The summed E-state index contributed by atoms with van der Waals surface area (Å²) in [7, 11) is 0. The van der Waals surface area contributed by atoms with Gasteiger partial charge in [-0.1, -0.05) is 0 Å². The van der Waals surface area contributed by atoms with Crippen LogP contribution in [-0.4, -0.2) is 115 Å². The number of quaternary nitrogens is 1. The lowest BCUT2D eigenvalue weighted by molar-refractivity contribution is -0.903. The Labute approximate surface area is 170 Å². The van der Waals surface area contributed by atoms with Gasteiger partial charge in [0.2, 0.25) is 5.95 Å². The van der Waals surface area contributed by atoms with Crippen molar-refractivity contribution in [3.05, 3.63) is 16.7 Å². The van der Waals surface area contributed by atoms with Crippen molar-refractivity contribution in [2.45, 2.75) is 30.6 Å². The number of nitrogens with zero attached hydrogens (tertiary/aromatic N) is 4. The van der Waals surface area contributed by atoms with Crippen molar-refractivity contribution >= 4 is 17.1 Å². The number of anilines is 1. The van der Waals surface area contributed by atoms with Crippen LogP contribution in [0.2, 0.25) is 0 Å². The summed E-state index contributed by atoms with van der Waals surface area (Å²) in [5.41, 5.74) is -0.160. The summed E-state index contributed by atoms with van der Waals surface area (Å²) >= 11 is 0. The fourth-order valence-corrected chi connectivity index (χ4v) is 4.08. The summed E-state index contributed by atoms with van der Waals surface area (Å²) in [5, 5.41) is 48.8.